The average Bonchev–Trinajstić information content (AvgIpc) is 3.11. The lowest BCUT2D eigenvalue weighted by atomic mass is 9.91. The van der Waals surface area contributed by atoms with Gasteiger partial charge in [-0.3, -0.25) is 4.79 Å². The van der Waals surface area contributed by atoms with E-state index in [1.54, 1.807) is 17.0 Å². The number of nitrogens with zero attached hydrogens (tertiary/aromatic N) is 1. The van der Waals surface area contributed by atoms with Crippen molar-refractivity contribution in [2.24, 2.45) is 0 Å². The molecule has 2 N–H and O–H groups in total. The standard InChI is InChI=1S/C25H28N2O5/c1-24(2,3)32-23(31)27-12-11-19-18(15-27)9-6-10-20(19)21(28)26-25(22(29)30)13-16-7-4-5-8-17(16)14-25/h4-10H,11-15H2,1-3H3,(H,26,28)(H,29,30). The molecule has 2 aromatic rings. The van der Waals surface area contributed by atoms with Gasteiger partial charge in [0.1, 0.15) is 11.1 Å². The number of carboxylic acids is 1. The van der Waals surface area contributed by atoms with Crippen LogP contribution in [-0.4, -0.2) is 45.7 Å². The molecule has 0 bridgehead atoms. The highest BCUT2D eigenvalue weighted by molar-refractivity contribution is 6.00. The van der Waals surface area contributed by atoms with Crippen molar-refractivity contribution in [1.29, 1.82) is 0 Å². The number of benzene rings is 2. The van der Waals surface area contributed by atoms with Gasteiger partial charge in [0.05, 0.1) is 0 Å². The van der Waals surface area contributed by atoms with Crippen molar-refractivity contribution >= 4 is 18.0 Å². The van der Waals surface area contributed by atoms with Crippen molar-refractivity contribution in [1.82, 2.24) is 10.2 Å². The van der Waals surface area contributed by atoms with Gasteiger partial charge in [0.25, 0.3) is 5.91 Å². The zero-order valence-electron chi connectivity index (χ0n) is 18.6. The van der Waals surface area contributed by atoms with Crippen molar-refractivity contribution in [2.45, 2.75) is 57.7 Å². The predicted octanol–water partition coefficient (Wildman–Crippen LogP) is 3.33. The fraction of sp³-hybridized carbons (Fsp3) is 0.400. The first kappa shape index (κ1) is 21.9. The van der Waals surface area contributed by atoms with E-state index < -0.39 is 23.0 Å². The molecule has 168 valence electrons. The number of carbonyl (C=O) groups is 3. The van der Waals surface area contributed by atoms with Gasteiger partial charge in [-0.05, 0) is 55.5 Å². The second kappa shape index (κ2) is 7.97. The number of nitrogens with one attached hydrogen (secondary N) is 1. The van der Waals surface area contributed by atoms with Gasteiger partial charge in [-0.2, -0.15) is 0 Å². The Morgan fingerprint density at radius 3 is 2.22 bits per heavy atom. The Labute approximate surface area is 187 Å². The van der Waals surface area contributed by atoms with Crippen LogP contribution >= 0.6 is 0 Å². The first-order valence-electron chi connectivity index (χ1n) is 10.8. The molecular formula is C25H28N2O5. The van der Waals surface area contributed by atoms with E-state index in [1.165, 1.54) is 0 Å². The van der Waals surface area contributed by atoms with E-state index in [2.05, 4.69) is 5.32 Å². The minimum absolute atomic E-state index is 0.256. The van der Waals surface area contributed by atoms with E-state index in [-0.39, 0.29) is 18.9 Å². The zero-order valence-corrected chi connectivity index (χ0v) is 18.6. The van der Waals surface area contributed by atoms with Crippen LogP contribution in [0.4, 0.5) is 4.79 Å². The summed E-state index contributed by atoms with van der Waals surface area (Å²) < 4.78 is 5.47. The molecule has 0 saturated carbocycles. The van der Waals surface area contributed by atoms with Crippen LogP contribution in [0.5, 0.6) is 0 Å². The Morgan fingerprint density at radius 1 is 1.00 bits per heavy atom. The number of carbonyl (C=O) groups excluding carboxylic acids is 2. The molecule has 0 fully saturated rings. The molecule has 0 saturated heterocycles. The largest absolute Gasteiger partial charge is 0.479 e. The second-order valence-electron chi connectivity index (χ2n) is 9.56. The van der Waals surface area contributed by atoms with Gasteiger partial charge in [0.2, 0.25) is 0 Å². The molecule has 0 unspecified atom stereocenters. The lowest BCUT2D eigenvalue weighted by molar-refractivity contribution is -0.144. The molecule has 1 heterocycles. The van der Waals surface area contributed by atoms with Crippen molar-refractivity contribution in [3.8, 4) is 0 Å². The lowest BCUT2D eigenvalue weighted by Gasteiger charge is -2.32. The van der Waals surface area contributed by atoms with Crippen LogP contribution in [0.25, 0.3) is 0 Å². The molecular weight excluding hydrogens is 408 g/mol. The molecule has 2 aliphatic rings. The average molecular weight is 437 g/mol. The Bertz CT molecular complexity index is 1060. The van der Waals surface area contributed by atoms with E-state index in [1.807, 2.05) is 51.1 Å². The summed E-state index contributed by atoms with van der Waals surface area (Å²) in [6.45, 7) is 6.25. The summed E-state index contributed by atoms with van der Waals surface area (Å²) >= 11 is 0. The Balaban J connectivity index is 1.54. The van der Waals surface area contributed by atoms with Crippen LogP contribution < -0.4 is 5.32 Å². The van der Waals surface area contributed by atoms with Crippen LogP contribution in [0.2, 0.25) is 0 Å². The second-order valence-corrected chi connectivity index (χ2v) is 9.56. The summed E-state index contributed by atoms with van der Waals surface area (Å²) in [5.41, 5.74) is 2.12. The van der Waals surface area contributed by atoms with Crippen molar-refractivity contribution in [3.63, 3.8) is 0 Å². The number of ether oxygens (including phenoxy) is 1. The molecule has 1 aliphatic heterocycles. The van der Waals surface area contributed by atoms with Crippen molar-refractivity contribution in [3.05, 3.63) is 70.3 Å². The fourth-order valence-electron chi connectivity index (χ4n) is 4.50. The number of aliphatic carboxylic acids is 1. The maximum Gasteiger partial charge on any atom is 0.410 e. The van der Waals surface area contributed by atoms with Gasteiger partial charge < -0.3 is 20.1 Å². The fourth-order valence-corrected chi connectivity index (χ4v) is 4.50. The number of amides is 2. The zero-order chi connectivity index (χ0) is 23.1. The first-order chi connectivity index (χ1) is 15.1. The van der Waals surface area contributed by atoms with E-state index in [4.69, 9.17) is 4.74 Å². The maximum atomic E-state index is 13.3. The lowest BCUT2D eigenvalue weighted by Crippen LogP contribution is -2.55. The predicted molar refractivity (Wildman–Crippen MR) is 118 cm³/mol. The van der Waals surface area contributed by atoms with E-state index in [0.717, 1.165) is 22.3 Å². The number of hydrogen-bond acceptors (Lipinski definition) is 4. The number of fused-ring (bicyclic) bond motifs is 2. The summed E-state index contributed by atoms with van der Waals surface area (Å²) in [7, 11) is 0. The van der Waals surface area contributed by atoms with Crippen LogP contribution in [0.1, 0.15) is 53.4 Å². The van der Waals surface area contributed by atoms with Gasteiger partial charge in [-0.25, -0.2) is 9.59 Å². The van der Waals surface area contributed by atoms with Gasteiger partial charge in [-0.15, -0.1) is 0 Å². The molecule has 2 amide bonds. The topological polar surface area (TPSA) is 95.9 Å². The molecule has 1 aliphatic carbocycles. The quantitative estimate of drug-likeness (QED) is 0.770. The van der Waals surface area contributed by atoms with Gasteiger partial charge >= 0.3 is 12.1 Å². The van der Waals surface area contributed by atoms with Gasteiger partial charge in [0, 0.05) is 31.5 Å². The summed E-state index contributed by atoms with van der Waals surface area (Å²) in [5, 5.41) is 12.8. The molecule has 0 spiro atoms. The smallest absolute Gasteiger partial charge is 0.410 e. The van der Waals surface area contributed by atoms with Crippen LogP contribution in [0.15, 0.2) is 42.5 Å². The van der Waals surface area contributed by atoms with Crippen LogP contribution in [-0.2, 0) is 35.3 Å². The molecule has 0 aromatic heterocycles. The number of rotatable bonds is 3. The summed E-state index contributed by atoms with van der Waals surface area (Å²) in [6.07, 6.45) is 0.627. The first-order valence-corrected chi connectivity index (χ1v) is 10.8. The number of hydrogen-bond donors (Lipinski definition) is 2. The minimum atomic E-state index is -1.36. The normalized spacial score (nSPS) is 16.7. The highest BCUT2D eigenvalue weighted by Gasteiger charge is 2.45. The molecule has 4 rings (SSSR count). The third kappa shape index (κ3) is 4.20. The highest BCUT2D eigenvalue weighted by atomic mass is 16.6. The highest BCUT2D eigenvalue weighted by Crippen LogP contribution is 2.31. The molecule has 0 atom stereocenters. The summed E-state index contributed by atoms with van der Waals surface area (Å²) in [6, 6.07) is 12.9. The third-order valence-corrected chi connectivity index (χ3v) is 6.03. The summed E-state index contributed by atoms with van der Waals surface area (Å²) in [4.78, 5) is 39.5. The Morgan fingerprint density at radius 2 is 1.62 bits per heavy atom. The molecule has 2 aromatic carbocycles. The monoisotopic (exact) mass is 436 g/mol. The molecule has 0 radical (unpaired) electrons. The SMILES string of the molecule is CC(C)(C)OC(=O)N1CCc2c(cccc2C(=O)NC2(C(=O)O)Cc3ccccc3C2)C1. The van der Waals surface area contributed by atoms with E-state index >= 15 is 0 Å². The minimum Gasteiger partial charge on any atom is -0.479 e. The van der Waals surface area contributed by atoms with E-state index in [0.29, 0.717) is 25.1 Å². The third-order valence-electron chi connectivity index (χ3n) is 6.03. The van der Waals surface area contributed by atoms with E-state index in [9.17, 15) is 19.5 Å². The molecule has 32 heavy (non-hydrogen) atoms. The van der Waals surface area contributed by atoms with Crippen LogP contribution in [0.3, 0.4) is 0 Å². The molecule has 7 heteroatoms. The van der Waals surface area contributed by atoms with Crippen molar-refractivity contribution in [2.75, 3.05) is 6.54 Å². The van der Waals surface area contributed by atoms with Gasteiger partial charge in [-0.1, -0.05) is 36.4 Å². The van der Waals surface area contributed by atoms with Crippen LogP contribution in [0, 0.1) is 0 Å². The maximum absolute atomic E-state index is 13.3. The molecule has 7 nitrogen and oxygen atoms in total. The number of carboxylic acid groups (broad SMARTS) is 1. The van der Waals surface area contributed by atoms with Crippen molar-refractivity contribution < 1.29 is 24.2 Å². The van der Waals surface area contributed by atoms with Gasteiger partial charge in [0.15, 0.2) is 0 Å². The summed E-state index contributed by atoms with van der Waals surface area (Å²) in [5.74, 6) is -1.44. The Kier molecular flexibility index (Phi) is 5.44. The Hall–Kier alpha value is -3.35.